The zero-order chi connectivity index (χ0) is 14.5. The molecule has 0 heterocycles. The minimum Gasteiger partial charge on any atom is -0.393 e. The van der Waals surface area contributed by atoms with Gasteiger partial charge in [-0.25, -0.2) is 0 Å². The van der Waals surface area contributed by atoms with Crippen LogP contribution in [0.2, 0.25) is 0 Å². The van der Waals surface area contributed by atoms with Gasteiger partial charge in [0.1, 0.15) is 0 Å². The van der Waals surface area contributed by atoms with E-state index in [9.17, 15) is 4.79 Å². The average molecular weight is 273 g/mol. The van der Waals surface area contributed by atoms with E-state index < -0.39 is 0 Å². The van der Waals surface area contributed by atoms with Crippen LogP contribution < -0.4 is 5.73 Å². The fourth-order valence-corrected chi connectivity index (χ4v) is 2.60. The summed E-state index contributed by atoms with van der Waals surface area (Å²) in [6.45, 7) is 9.51. The minimum absolute atomic E-state index is 0.0503. The monoisotopic (exact) mass is 273 g/mol. The van der Waals surface area contributed by atoms with Crippen molar-refractivity contribution in [2.75, 3.05) is 27.2 Å². The molecule has 0 rings (SSSR count). The third kappa shape index (κ3) is 4.90. The van der Waals surface area contributed by atoms with Crippen molar-refractivity contribution in [1.29, 1.82) is 0 Å². The molecule has 106 valence electrons. The second kappa shape index (κ2) is 7.69. The van der Waals surface area contributed by atoms with Crippen LogP contribution in [0.15, 0.2) is 0 Å². The van der Waals surface area contributed by atoms with Crippen molar-refractivity contribution < 1.29 is 4.79 Å². The second-order valence-electron chi connectivity index (χ2n) is 5.36. The molecule has 0 saturated carbocycles. The summed E-state index contributed by atoms with van der Waals surface area (Å²) in [6, 6.07) is 0.160. The highest BCUT2D eigenvalue weighted by Gasteiger charge is 2.31. The second-order valence-corrected chi connectivity index (χ2v) is 5.83. The molecular weight excluding hydrogens is 246 g/mol. The largest absolute Gasteiger partial charge is 0.393 e. The van der Waals surface area contributed by atoms with Gasteiger partial charge < -0.3 is 15.5 Å². The molecule has 2 unspecified atom stereocenters. The van der Waals surface area contributed by atoms with Gasteiger partial charge >= 0.3 is 0 Å². The van der Waals surface area contributed by atoms with Crippen LogP contribution in [0.3, 0.4) is 0 Å². The van der Waals surface area contributed by atoms with Crippen LogP contribution in [-0.4, -0.2) is 53.9 Å². The third-order valence-electron chi connectivity index (χ3n) is 3.02. The Morgan fingerprint density at radius 1 is 1.28 bits per heavy atom. The van der Waals surface area contributed by atoms with Crippen LogP contribution in [0.25, 0.3) is 0 Å². The zero-order valence-corrected chi connectivity index (χ0v) is 13.3. The van der Waals surface area contributed by atoms with E-state index in [0.29, 0.717) is 11.5 Å². The van der Waals surface area contributed by atoms with E-state index >= 15 is 0 Å². The average Bonchev–Trinajstić information content (AvgIpc) is 2.15. The molecule has 0 aromatic heterocycles. The Bertz CT molecular complexity index is 292. The van der Waals surface area contributed by atoms with Crippen molar-refractivity contribution >= 4 is 23.1 Å². The Labute approximate surface area is 116 Å². The number of hydrogen-bond donors (Lipinski definition) is 1. The van der Waals surface area contributed by atoms with Crippen LogP contribution >= 0.6 is 12.2 Å². The zero-order valence-electron chi connectivity index (χ0n) is 12.4. The summed E-state index contributed by atoms with van der Waals surface area (Å²) in [6.07, 6.45) is 0. The van der Waals surface area contributed by atoms with Crippen LogP contribution in [0.1, 0.15) is 27.7 Å². The lowest BCUT2D eigenvalue weighted by atomic mass is 9.93. The number of thiocarbonyl (C=S) groups is 1. The normalized spacial score (nSPS) is 14.7. The Morgan fingerprint density at radius 3 is 2.06 bits per heavy atom. The first kappa shape index (κ1) is 17.3. The van der Waals surface area contributed by atoms with Gasteiger partial charge in [-0.1, -0.05) is 26.1 Å². The van der Waals surface area contributed by atoms with Crippen molar-refractivity contribution in [3.63, 3.8) is 0 Å². The minimum atomic E-state index is -0.357. The number of likely N-dealkylation sites (N-methyl/N-ethyl adjacent to an activating group) is 2. The van der Waals surface area contributed by atoms with E-state index in [1.807, 2.05) is 39.8 Å². The summed E-state index contributed by atoms with van der Waals surface area (Å²) < 4.78 is 0. The first-order valence-corrected chi connectivity index (χ1v) is 6.87. The molecule has 18 heavy (non-hydrogen) atoms. The summed E-state index contributed by atoms with van der Waals surface area (Å²) in [4.78, 5) is 16.8. The maximum absolute atomic E-state index is 12.5. The summed E-state index contributed by atoms with van der Waals surface area (Å²) in [5, 5.41) is 0. The van der Waals surface area contributed by atoms with Crippen LogP contribution in [0.5, 0.6) is 0 Å². The molecule has 0 saturated heterocycles. The Hall–Kier alpha value is -0.680. The van der Waals surface area contributed by atoms with Crippen molar-refractivity contribution in [2.45, 2.75) is 33.7 Å². The van der Waals surface area contributed by atoms with E-state index in [-0.39, 0.29) is 23.8 Å². The summed E-state index contributed by atoms with van der Waals surface area (Å²) in [7, 11) is 4.00. The third-order valence-corrected chi connectivity index (χ3v) is 3.28. The molecule has 2 N–H and O–H groups in total. The van der Waals surface area contributed by atoms with Gasteiger partial charge in [0, 0.05) is 19.1 Å². The number of nitrogens with zero attached hydrogens (tertiary/aromatic N) is 2. The maximum Gasteiger partial charge on any atom is 0.233 e. The van der Waals surface area contributed by atoms with Gasteiger partial charge in [0.25, 0.3) is 0 Å². The van der Waals surface area contributed by atoms with Gasteiger partial charge in [0.05, 0.1) is 10.9 Å². The molecule has 0 aliphatic rings. The van der Waals surface area contributed by atoms with Gasteiger partial charge in [-0.3, -0.25) is 4.79 Å². The summed E-state index contributed by atoms with van der Waals surface area (Å²) >= 11 is 5.03. The Morgan fingerprint density at radius 2 is 1.78 bits per heavy atom. The molecule has 0 aromatic rings. The standard InChI is InChI=1S/C13H27N3OS/c1-7-16(10(4)8-15(5)6)13(17)11(9(2)3)12(14)18/h9-11H,7-8H2,1-6H3,(H2,14,18). The quantitative estimate of drug-likeness (QED) is 0.711. The predicted octanol–water partition coefficient (Wildman–Crippen LogP) is 1.34. The lowest BCUT2D eigenvalue weighted by Crippen LogP contribution is -2.49. The highest BCUT2D eigenvalue weighted by Crippen LogP contribution is 2.17. The molecule has 0 aromatic carbocycles. The topological polar surface area (TPSA) is 49.6 Å². The van der Waals surface area contributed by atoms with E-state index in [2.05, 4.69) is 11.8 Å². The lowest BCUT2D eigenvalue weighted by molar-refractivity contribution is -0.136. The fraction of sp³-hybridized carbons (Fsp3) is 0.846. The molecule has 1 amide bonds. The van der Waals surface area contributed by atoms with Gasteiger partial charge in [-0.15, -0.1) is 0 Å². The maximum atomic E-state index is 12.5. The summed E-state index contributed by atoms with van der Waals surface area (Å²) in [5.41, 5.74) is 5.71. The summed E-state index contributed by atoms with van der Waals surface area (Å²) in [5.74, 6) is -0.172. The molecular formula is C13H27N3OS. The predicted molar refractivity (Wildman–Crippen MR) is 80.5 cm³/mol. The van der Waals surface area contributed by atoms with Gasteiger partial charge in [0.15, 0.2) is 0 Å². The Balaban J connectivity index is 4.93. The highest BCUT2D eigenvalue weighted by molar-refractivity contribution is 7.80. The smallest absolute Gasteiger partial charge is 0.233 e. The van der Waals surface area contributed by atoms with Crippen molar-refractivity contribution in [3.05, 3.63) is 0 Å². The highest BCUT2D eigenvalue weighted by atomic mass is 32.1. The molecule has 2 atom stereocenters. The number of rotatable bonds is 7. The number of hydrogen-bond acceptors (Lipinski definition) is 3. The van der Waals surface area contributed by atoms with Crippen molar-refractivity contribution in [1.82, 2.24) is 9.80 Å². The molecule has 4 nitrogen and oxygen atoms in total. The molecule has 0 aliphatic heterocycles. The molecule has 0 radical (unpaired) electrons. The van der Waals surface area contributed by atoms with E-state index in [0.717, 1.165) is 6.54 Å². The van der Waals surface area contributed by atoms with E-state index in [1.54, 1.807) is 0 Å². The van der Waals surface area contributed by atoms with Gasteiger partial charge in [-0.05, 0) is 33.9 Å². The van der Waals surface area contributed by atoms with Crippen molar-refractivity contribution in [2.24, 2.45) is 17.6 Å². The van der Waals surface area contributed by atoms with E-state index in [1.165, 1.54) is 0 Å². The Kier molecular flexibility index (Phi) is 7.40. The SMILES string of the molecule is CCN(C(=O)C(C(N)=S)C(C)C)C(C)CN(C)C. The molecule has 0 spiro atoms. The molecule has 5 heteroatoms. The van der Waals surface area contributed by atoms with Crippen LogP contribution in [0, 0.1) is 11.8 Å². The first-order chi connectivity index (χ1) is 8.22. The van der Waals surface area contributed by atoms with Gasteiger partial charge in [-0.2, -0.15) is 0 Å². The molecule has 0 aliphatic carbocycles. The van der Waals surface area contributed by atoms with Crippen LogP contribution in [-0.2, 0) is 4.79 Å². The number of carbonyl (C=O) groups is 1. The number of carbonyl (C=O) groups excluding carboxylic acids is 1. The van der Waals surface area contributed by atoms with Crippen LogP contribution in [0.4, 0.5) is 0 Å². The van der Waals surface area contributed by atoms with Gasteiger partial charge in [0.2, 0.25) is 5.91 Å². The van der Waals surface area contributed by atoms with E-state index in [4.69, 9.17) is 18.0 Å². The molecule has 0 fully saturated rings. The first-order valence-electron chi connectivity index (χ1n) is 6.46. The lowest BCUT2D eigenvalue weighted by Gasteiger charge is -2.34. The molecule has 0 bridgehead atoms. The number of nitrogens with two attached hydrogens (primary N) is 1. The van der Waals surface area contributed by atoms with Crippen molar-refractivity contribution in [3.8, 4) is 0 Å². The fourth-order valence-electron chi connectivity index (χ4n) is 2.23. The number of amides is 1.